The highest BCUT2D eigenvalue weighted by atomic mass is 32.2. The summed E-state index contributed by atoms with van der Waals surface area (Å²) in [4.78, 5) is 12.4. The number of anilines is 1. The zero-order valence-electron chi connectivity index (χ0n) is 18.8. The van der Waals surface area contributed by atoms with E-state index in [0.29, 0.717) is 11.7 Å². The second kappa shape index (κ2) is 10.5. The topological polar surface area (TPSA) is 69.0 Å². The predicted molar refractivity (Wildman–Crippen MR) is 126 cm³/mol. The van der Waals surface area contributed by atoms with Crippen LogP contribution < -0.4 is 10.1 Å². The number of aromatic nitrogens is 3. The van der Waals surface area contributed by atoms with Crippen molar-refractivity contribution in [3.63, 3.8) is 0 Å². The van der Waals surface area contributed by atoms with E-state index in [2.05, 4.69) is 35.4 Å². The van der Waals surface area contributed by atoms with Gasteiger partial charge in [-0.3, -0.25) is 4.79 Å². The van der Waals surface area contributed by atoms with Crippen LogP contribution in [0.4, 0.5) is 5.69 Å². The van der Waals surface area contributed by atoms with Gasteiger partial charge in [-0.1, -0.05) is 48.5 Å². The average Bonchev–Trinajstić information content (AvgIpc) is 3.18. The second-order valence-corrected chi connectivity index (χ2v) is 8.44. The minimum Gasteiger partial charge on any atom is -0.482 e. The Kier molecular flexibility index (Phi) is 7.74. The fourth-order valence-corrected chi connectivity index (χ4v) is 4.14. The van der Waals surface area contributed by atoms with E-state index >= 15 is 0 Å². The van der Waals surface area contributed by atoms with Gasteiger partial charge in [-0.15, -0.1) is 10.2 Å². The number of carbonyl (C=O) groups excluding carboxylic acids is 1. The Morgan fingerprint density at radius 3 is 2.52 bits per heavy atom. The number of nitrogens with one attached hydrogen (secondary N) is 1. The molecule has 0 radical (unpaired) electrons. The summed E-state index contributed by atoms with van der Waals surface area (Å²) in [6.45, 7) is 10.9. The monoisotopic (exact) mass is 438 g/mol. The van der Waals surface area contributed by atoms with Crippen LogP contribution in [0.15, 0.2) is 47.6 Å². The standard InChI is InChI=1S/C24H30N4O2S/c1-6-19-9-11-20(12-10-19)25-22(29)15-31-24-27-26-23(28(24)7-2)18(5)30-21-13-8-16(3)14-17(21)4/h8-14,18H,6-7,15H2,1-5H3,(H,25,29). The molecule has 1 unspecified atom stereocenters. The minimum atomic E-state index is -0.255. The Labute approximate surface area is 188 Å². The molecule has 3 rings (SSSR count). The zero-order valence-corrected chi connectivity index (χ0v) is 19.6. The van der Waals surface area contributed by atoms with Crippen molar-refractivity contribution in [2.45, 2.75) is 58.8 Å². The molecule has 1 aromatic heterocycles. The first-order chi connectivity index (χ1) is 14.9. The number of benzene rings is 2. The number of aryl methyl sites for hydroxylation is 3. The molecule has 0 saturated heterocycles. The van der Waals surface area contributed by atoms with E-state index in [9.17, 15) is 4.79 Å². The summed E-state index contributed by atoms with van der Waals surface area (Å²) in [7, 11) is 0. The maximum atomic E-state index is 12.4. The van der Waals surface area contributed by atoms with Gasteiger partial charge in [0, 0.05) is 12.2 Å². The molecule has 2 aromatic carbocycles. The molecule has 31 heavy (non-hydrogen) atoms. The second-order valence-electron chi connectivity index (χ2n) is 7.50. The number of ether oxygens (including phenoxy) is 1. The molecule has 1 amide bonds. The van der Waals surface area contributed by atoms with Gasteiger partial charge < -0.3 is 14.6 Å². The molecule has 0 aliphatic carbocycles. The summed E-state index contributed by atoms with van der Waals surface area (Å²) in [5.74, 6) is 1.79. The van der Waals surface area contributed by atoms with Crippen LogP contribution in [-0.4, -0.2) is 26.4 Å². The minimum absolute atomic E-state index is 0.0685. The molecule has 0 spiro atoms. The summed E-state index contributed by atoms with van der Waals surface area (Å²) in [5, 5.41) is 12.3. The van der Waals surface area contributed by atoms with Gasteiger partial charge in [0.2, 0.25) is 5.91 Å². The van der Waals surface area contributed by atoms with E-state index in [1.54, 1.807) is 0 Å². The lowest BCUT2D eigenvalue weighted by atomic mass is 10.1. The maximum absolute atomic E-state index is 12.4. The van der Waals surface area contributed by atoms with Crippen molar-refractivity contribution in [1.82, 2.24) is 14.8 Å². The van der Waals surface area contributed by atoms with Gasteiger partial charge in [-0.2, -0.15) is 0 Å². The summed E-state index contributed by atoms with van der Waals surface area (Å²) in [5.41, 5.74) is 4.34. The van der Waals surface area contributed by atoms with Crippen LogP contribution in [0.5, 0.6) is 5.75 Å². The van der Waals surface area contributed by atoms with Gasteiger partial charge in [0.15, 0.2) is 17.1 Å². The number of thioether (sulfide) groups is 1. The lowest BCUT2D eigenvalue weighted by Crippen LogP contribution is -2.15. The normalized spacial score (nSPS) is 11.9. The molecule has 0 bridgehead atoms. The number of hydrogen-bond acceptors (Lipinski definition) is 5. The molecular formula is C24H30N4O2S. The van der Waals surface area contributed by atoms with Crippen molar-refractivity contribution < 1.29 is 9.53 Å². The van der Waals surface area contributed by atoms with Crippen molar-refractivity contribution in [3.8, 4) is 5.75 Å². The molecule has 1 N–H and O–H groups in total. The van der Waals surface area contributed by atoms with E-state index in [-0.39, 0.29) is 17.8 Å². The van der Waals surface area contributed by atoms with Gasteiger partial charge in [0.05, 0.1) is 5.75 Å². The largest absolute Gasteiger partial charge is 0.482 e. The Morgan fingerprint density at radius 2 is 1.87 bits per heavy atom. The fraction of sp³-hybridized carbons (Fsp3) is 0.375. The first kappa shape index (κ1) is 22.9. The molecule has 3 aromatic rings. The van der Waals surface area contributed by atoms with Gasteiger partial charge in [0.1, 0.15) is 5.75 Å². The van der Waals surface area contributed by atoms with Gasteiger partial charge in [-0.05, 0) is 63.4 Å². The van der Waals surface area contributed by atoms with Crippen molar-refractivity contribution in [2.24, 2.45) is 0 Å². The van der Waals surface area contributed by atoms with Crippen LogP contribution in [0.1, 0.15) is 49.4 Å². The van der Waals surface area contributed by atoms with Crippen LogP contribution >= 0.6 is 11.8 Å². The Hall–Kier alpha value is -2.80. The van der Waals surface area contributed by atoms with E-state index in [0.717, 1.165) is 29.2 Å². The van der Waals surface area contributed by atoms with Gasteiger partial charge >= 0.3 is 0 Å². The summed E-state index contributed by atoms with van der Waals surface area (Å²) in [6, 6.07) is 14.0. The molecule has 1 heterocycles. The molecule has 164 valence electrons. The maximum Gasteiger partial charge on any atom is 0.234 e. The Morgan fingerprint density at radius 1 is 1.13 bits per heavy atom. The molecule has 0 aliphatic rings. The van der Waals surface area contributed by atoms with Crippen molar-refractivity contribution in [3.05, 3.63) is 65.0 Å². The molecule has 7 heteroatoms. The number of amides is 1. The lowest BCUT2D eigenvalue weighted by Gasteiger charge is -2.17. The first-order valence-corrected chi connectivity index (χ1v) is 11.6. The van der Waals surface area contributed by atoms with Gasteiger partial charge in [-0.25, -0.2) is 0 Å². The third kappa shape index (κ3) is 5.88. The number of hydrogen-bond donors (Lipinski definition) is 1. The van der Waals surface area contributed by atoms with Crippen molar-refractivity contribution in [2.75, 3.05) is 11.1 Å². The van der Waals surface area contributed by atoms with E-state index in [1.807, 2.05) is 61.7 Å². The summed E-state index contributed by atoms with van der Waals surface area (Å²) < 4.78 is 8.16. The van der Waals surface area contributed by atoms with E-state index in [1.165, 1.54) is 22.9 Å². The zero-order chi connectivity index (χ0) is 22.4. The highest BCUT2D eigenvalue weighted by molar-refractivity contribution is 7.99. The number of nitrogens with zero attached hydrogens (tertiary/aromatic N) is 3. The molecule has 0 aliphatic heterocycles. The van der Waals surface area contributed by atoms with Crippen molar-refractivity contribution >= 4 is 23.4 Å². The Bertz CT molecular complexity index is 1030. The van der Waals surface area contributed by atoms with Crippen LogP contribution in [0.3, 0.4) is 0 Å². The number of rotatable bonds is 9. The molecule has 6 nitrogen and oxygen atoms in total. The molecule has 0 saturated carbocycles. The van der Waals surface area contributed by atoms with Gasteiger partial charge in [0.25, 0.3) is 0 Å². The van der Waals surface area contributed by atoms with Crippen LogP contribution in [0, 0.1) is 13.8 Å². The summed E-state index contributed by atoms with van der Waals surface area (Å²) >= 11 is 1.38. The van der Waals surface area contributed by atoms with E-state index in [4.69, 9.17) is 4.74 Å². The summed E-state index contributed by atoms with van der Waals surface area (Å²) in [6.07, 6.45) is 0.721. The first-order valence-electron chi connectivity index (χ1n) is 10.6. The average molecular weight is 439 g/mol. The SMILES string of the molecule is CCc1ccc(NC(=O)CSc2nnc(C(C)Oc3ccc(C)cc3C)n2CC)cc1. The molecular weight excluding hydrogens is 408 g/mol. The van der Waals surface area contributed by atoms with E-state index < -0.39 is 0 Å². The van der Waals surface area contributed by atoms with Crippen LogP contribution in [-0.2, 0) is 17.8 Å². The number of carbonyl (C=O) groups is 1. The fourth-order valence-electron chi connectivity index (χ4n) is 3.33. The van der Waals surface area contributed by atoms with Crippen LogP contribution in [0.25, 0.3) is 0 Å². The molecule has 1 atom stereocenters. The smallest absolute Gasteiger partial charge is 0.234 e. The Balaban J connectivity index is 1.62. The third-order valence-electron chi connectivity index (χ3n) is 5.04. The quantitative estimate of drug-likeness (QED) is 0.456. The predicted octanol–water partition coefficient (Wildman–Crippen LogP) is 5.35. The van der Waals surface area contributed by atoms with Crippen LogP contribution in [0.2, 0.25) is 0 Å². The third-order valence-corrected chi connectivity index (χ3v) is 6.00. The highest BCUT2D eigenvalue weighted by Crippen LogP contribution is 2.27. The molecule has 0 fully saturated rings. The highest BCUT2D eigenvalue weighted by Gasteiger charge is 2.20. The van der Waals surface area contributed by atoms with Crippen molar-refractivity contribution in [1.29, 1.82) is 0 Å². The lowest BCUT2D eigenvalue weighted by molar-refractivity contribution is -0.113.